The minimum Gasteiger partial charge on any atom is -0.493 e. The first-order valence-corrected chi connectivity index (χ1v) is 11.7. The maximum Gasteiger partial charge on any atom is 0.308 e. The van der Waals surface area contributed by atoms with E-state index in [1.54, 1.807) is 48.5 Å². The molecule has 2 amide bonds. The van der Waals surface area contributed by atoms with Gasteiger partial charge < -0.3 is 20.1 Å². The number of ether oxygens (including phenoxy) is 2. The highest BCUT2D eigenvalue weighted by Gasteiger charge is 2.15. The molecule has 182 valence electrons. The van der Waals surface area contributed by atoms with Crippen LogP contribution in [0.1, 0.15) is 68.3 Å². The van der Waals surface area contributed by atoms with Gasteiger partial charge in [0.15, 0.2) is 11.5 Å². The lowest BCUT2D eigenvalue weighted by atomic mass is 10.1. The number of amides is 2. The molecule has 0 aliphatic heterocycles. The van der Waals surface area contributed by atoms with Crippen LogP contribution >= 0.6 is 0 Å². The summed E-state index contributed by atoms with van der Waals surface area (Å²) in [4.78, 5) is 36.9. The lowest BCUT2D eigenvalue weighted by Gasteiger charge is -2.12. The molecule has 0 saturated heterocycles. The van der Waals surface area contributed by atoms with Gasteiger partial charge in [0.1, 0.15) is 5.70 Å². The number of carbonyl (C=O) groups excluding carboxylic acids is 3. The monoisotopic (exact) mass is 466 g/mol. The minimum atomic E-state index is -0.466. The van der Waals surface area contributed by atoms with Crippen LogP contribution in [0.3, 0.4) is 0 Å². The predicted octanol–water partition coefficient (Wildman–Crippen LogP) is 4.87. The van der Waals surface area contributed by atoms with Gasteiger partial charge in [-0.1, -0.05) is 63.3 Å². The van der Waals surface area contributed by atoms with Crippen molar-refractivity contribution in [3.63, 3.8) is 0 Å². The zero-order chi connectivity index (χ0) is 24.8. The Kier molecular flexibility index (Phi) is 11.4. The van der Waals surface area contributed by atoms with Crippen molar-refractivity contribution in [1.82, 2.24) is 10.6 Å². The van der Waals surface area contributed by atoms with Gasteiger partial charge in [-0.05, 0) is 42.3 Å². The van der Waals surface area contributed by atoms with Gasteiger partial charge in [-0.15, -0.1) is 0 Å². The van der Waals surface area contributed by atoms with E-state index in [2.05, 4.69) is 17.6 Å². The molecule has 0 aromatic heterocycles. The standard InChI is InChI=1S/C27H34N2O5/c1-4-5-6-7-8-12-17-28-27(32)23(29-26(31)22-13-10-9-11-14-22)18-21-15-16-24(34-20(2)30)25(19-21)33-3/h9-11,13-16,18-19H,4-8,12,17H2,1-3H3,(H,28,32)(H,29,31)/b23-18+. The number of benzene rings is 2. The first-order chi connectivity index (χ1) is 16.4. The Morgan fingerprint density at radius 3 is 2.29 bits per heavy atom. The van der Waals surface area contributed by atoms with Crippen LogP contribution in [0.2, 0.25) is 0 Å². The van der Waals surface area contributed by atoms with Crippen molar-refractivity contribution < 1.29 is 23.9 Å². The summed E-state index contributed by atoms with van der Waals surface area (Å²) in [7, 11) is 1.46. The van der Waals surface area contributed by atoms with E-state index in [0.29, 0.717) is 23.4 Å². The Bertz CT molecular complexity index is 986. The molecule has 2 rings (SSSR count). The van der Waals surface area contributed by atoms with E-state index in [9.17, 15) is 14.4 Å². The number of nitrogens with one attached hydrogen (secondary N) is 2. The third-order valence-electron chi connectivity index (χ3n) is 5.10. The molecule has 2 N–H and O–H groups in total. The first kappa shape index (κ1) is 26.6. The van der Waals surface area contributed by atoms with Gasteiger partial charge in [0.2, 0.25) is 0 Å². The van der Waals surface area contributed by atoms with Crippen molar-refractivity contribution in [2.24, 2.45) is 0 Å². The highest BCUT2D eigenvalue weighted by molar-refractivity contribution is 6.05. The van der Waals surface area contributed by atoms with Crippen LogP contribution in [0.25, 0.3) is 6.08 Å². The molecular weight excluding hydrogens is 432 g/mol. The highest BCUT2D eigenvalue weighted by Crippen LogP contribution is 2.29. The largest absolute Gasteiger partial charge is 0.493 e. The van der Waals surface area contributed by atoms with Crippen LogP contribution in [0, 0.1) is 0 Å². The molecule has 0 unspecified atom stereocenters. The zero-order valence-electron chi connectivity index (χ0n) is 20.2. The van der Waals surface area contributed by atoms with Crippen LogP contribution in [0.15, 0.2) is 54.2 Å². The van der Waals surface area contributed by atoms with Crippen LogP contribution in [0.5, 0.6) is 11.5 Å². The minimum absolute atomic E-state index is 0.113. The lowest BCUT2D eigenvalue weighted by Crippen LogP contribution is -2.35. The van der Waals surface area contributed by atoms with Crippen molar-refractivity contribution in [2.45, 2.75) is 52.4 Å². The van der Waals surface area contributed by atoms with Gasteiger partial charge in [0.25, 0.3) is 11.8 Å². The maximum absolute atomic E-state index is 12.9. The Labute approximate surface area is 201 Å². The van der Waals surface area contributed by atoms with E-state index in [1.807, 2.05) is 6.07 Å². The van der Waals surface area contributed by atoms with E-state index in [1.165, 1.54) is 33.3 Å². The molecule has 7 heteroatoms. The number of methoxy groups -OCH3 is 1. The summed E-state index contributed by atoms with van der Waals surface area (Å²) in [6.07, 6.45) is 8.25. The maximum atomic E-state index is 12.9. The predicted molar refractivity (Wildman–Crippen MR) is 133 cm³/mol. The van der Waals surface area contributed by atoms with Gasteiger partial charge in [-0.2, -0.15) is 0 Å². The number of unbranched alkanes of at least 4 members (excludes halogenated alkanes) is 5. The molecule has 7 nitrogen and oxygen atoms in total. The van der Waals surface area contributed by atoms with E-state index in [4.69, 9.17) is 9.47 Å². The highest BCUT2D eigenvalue weighted by atomic mass is 16.6. The van der Waals surface area contributed by atoms with Crippen molar-refractivity contribution in [2.75, 3.05) is 13.7 Å². The molecule has 0 spiro atoms. The van der Waals surface area contributed by atoms with Crippen LogP contribution in [0.4, 0.5) is 0 Å². The molecule has 0 heterocycles. The summed E-state index contributed by atoms with van der Waals surface area (Å²) in [6, 6.07) is 13.6. The molecule has 0 aliphatic carbocycles. The van der Waals surface area contributed by atoms with Crippen molar-refractivity contribution in [3.8, 4) is 11.5 Å². The van der Waals surface area contributed by atoms with Crippen molar-refractivity contribution in [3.05, 3.63) is 65.4 Å². The van der Waals surface area contributed by atoms with Gasteiger partial charge in [0, 0.05) is 19.0 Å². The Balaban J connectivity index is 2.17. The molecule has 0 fully saturated rings. The molecule has 0 atom stereocenters. The van der Waals surface area contributed by atoms with E-state index in [0.717, 1.165) is 19.3 Å². The number of rotatable bonds is 13. The number of hydrogen-bond donors (Lipinski definition) is 2. The second kappa shape index (κ2) is 14.5. The summed E-state index contributed by atoms with van der Waals surface area (Å²) in [5.74, 6) is -0.614. The van der Waals surface area contributed by atoms with Gasteiger partial charge in [-0.25, -0.2) is 0 Å². The average Bonchev–Trinajstić information content (AvgIpc) is 2.84. The van der Waals surface area contributed by atoms with Gasteiger partial charge in [0.05, 0.1) is 7.11 Å². The molecule has 34 heavy (non-hydrogen) atoms. The SMILES string of the molecule is CCCCCCCCNC(=O)/C(=C\c1ccc(OC(C)=O)c(OC)c1)NC(=O)c1ccccc1. The van der Waals surface area contributed by atoms with Gasteiger partial charge >= 0.3 is 5.97 Å². The fraction of sp³-hybridized carbons (Fsp3) is 0.370. The third kappa shape index (κ3) is 9.10. The van der Waals surface area contributed by atoms with E-state index in [-0.39, 0.29) is 23.3 Å². The Morgan fingerprint density at radius 2 is 1.62 bits per heavy atom. The van der Waals surface area contributed by atoms with Crippen LogP contribution in [-0.4, -0.2) is 31.4 Å². The normalized spacial score (nSPS) is 11.0. The molecule has 0 aliphatic rings. The summed E-state index contributed by atoms with van der Waals surface area (Å²) in [5.41, 5.74) is 1.16. The summed E-state index contributed by atoms with van der Waals surface area (Å²) < 4.78 is 10.4. The topological polar surface area (TPSA) is 93.7 Å². The molecule has 0 bridgehead atoms. The fourth-order valence-electron chi connectivity index (χ4n) is 3.32. The fourth-order valence-corrected chi connectivity index (χ4v) is 3.32. The van der Waals surface area contributed by atoms with Crippen molar-refractivity contribution >= 4 is 23.9 Å². The summed E-state index contributed by atoms with van der Waals surface area (Å²) in [5, 5.41) is 5.61. The number of esters is 1. The number of hydrogen-bond acceptors (Lipinski definition) is 5. The first-order valence-electron chi connectivity index (χ1n) is 11.7. The third-order valence-corrected chi connectivity index (χ3v) is 5.10. The second-order valence-electron chi connectivity index (χ2n) is 7.91. The van der Waals surface area contributed by atoms with Crippen molar-refractivity contribution in [1.29, 1.82) is 0 Å². The second-order valence-corrected chi connectivity index (χ2v) is 7.91. The molecule has 0 radical (unpaired) electrons. The van der Waals surface area contributed by atoms with Crippen LogP contribution in [-0.2, 0) is 9.59 Å². The smallest absolute Gasteiger partial charge is 0.308 e. The number of carbonyl (C=O) groups is 3. The molecule has 2 aromatic rings. The van der Waals surface area contributed by atoms with Crippen LogP contribution < -0.4 is 20.1 Å². The quantitative estimate of drug-likeness (QED) is 0.190. The van der Waals surface area contributed by atoms with Gasteiger partial charge in [-0.3, -0.25) is 14.4 Å². The molecular formula is C27H34N2O5. The summed E-state index contributed by atoms with van der Waals surface area (Å²) in [6.45, 7) is 4.01. The average molecular weight is 467 g/mol. The Morgan fingerprint density at radius 1 is 0.912 bits per heavy atom. The molecule has 0 saturated carbocycles. The lowest BCUT2D eigenvalue weighted by molar-refractivity contribution is -0.132. The molecule has 2 aromatic carbocycles. The Hall–Kier alpha value is -3.61. The zero-order valence-corrected chi connectivity index (χ0v) is 20.2. The summed E-state index contributed by atoms with van der Waals surface area (Å²) >= 11 is 0. The van der Waals surface area contributed by atoms with E-state index < -0.39 is 5.97 Å². The van der Waals surface area contributed by atoms with E-state index >= 15 is 0 Å².